The van der Waals surface area contributed by atoms with Crippen molar-refractivity contribution in [2.45, 2.75) is 31.8 Å². The Kier molecular flexibility index (Phi) is 7.20. The molecule has 0 radical (unpaired) electrons. The molecule has 0 aromatic heterocycles. The summed E-state index contributed by atoms with van der Waals surface area (Å²) in [4.78, 5) is 24.0. The zero-order chi connectivity index (χ0) is 14.1. The summed E-state index contributed by atoms with van der Waals surface area (Å²) in [5.74, 6) is -1.27. The third-order valence-electron chi connectivity index (χ3n) is 3.15. The number of nitrogens with zero attached hydrogens (tertiary/aromatic N) is 1. The Morgan fingerprint density at radius 1 is 1.11 bits per heavy atom. The second-order valence-electron chi connectivity index (χ2n) is 4.73. The van der Waals surface area contributed by atoms with Crippen molar-refractivity contribution in [1.29, 1.82) is 0 Å². The largest absolute Gasteiger partial charge is 0.479 e. The van der Waals surface area contributed by atoms with Gasteiger partial charge in [-0.05, 0) is 25.9 Å². The van der Waals surface area contributed by atoms with Crippen LogP contribution in [0.3, 0.4) is 0 Å². The number of carboxylic acids is 1. The number of carbonyl (C=O) groups excluding carboxylic acids is 1. The van der Waals surface area contributed by atoms with Gasteiger partial charge in [0.2, 0.25) is 0 Å². The molecule has 7 nitrogen and oxygen atoms in total. The number of urea groups is 1. The Labute approximate surface area is 113 Å². The number of piperidine rings is 1. The van der Waals surface area contributed by atoms with Crippen molar-refractivity contribution in [2.75, 3.05) is 32.7 Å². The van der Waals surface area contributed by atoms with Crippen LogP contribution in [0.15, 0.2) is 0 Å². The molecule has 1 aliphatic heterocycles. The number of aliphatic hydroxyl groups is 1. The highest BCUT2D eigenvalue weighted by molar-refractivity contribution is 5.74. The second-order valence-corrected chi connectivity index (χ2v) is 4.73. The lowest BCUT2D eigenvalue weighted by atomic mass is 10.1. The number of aliphatic hydroxyl groups excluding tert-OH is 1. The van der Waals surface area contributed by atoms with Gasteiger partial charge in [-0.2, -0.15) is 0 Å². The molecule has 1 aliphatic rings. The zero-order valence-corrected chi connectivity index (χ0v) is 11.1. The molecule has 0 saturated carbocycles. The molecule has 2 amide bonds. The lowest BCUT2D eigenvalue weighted by Crippen LogP contribution is -2.42. The normalized spacial score (nSPS) is 17.7. The van der Waals surface area contributed by atoms with Crippen LogP contribution in [-0.4, -0.2) is 65.9 Å². The predicted octanol–water partition coefficient (Wildman–Crippen LogP) is -0.393. The second kappa shape index (κ2) is 8.71. The van der Waals surface area contributed by atoms with Crippen LogP contribution in [0.4, 0.5) is 4.79 Å². The molecule has 7 heteroatoms. The molecule has 0 aliphatic carbocycles. The molecule has 1 atom stereocenters. The van der Waals surface area contributed by atoms with E-state index in [-0.39, 0.29) is 19.0 Å². The van der Waals surface area contributed by atoms with Gasteiger partial charge >= 0.3 is 12.0 Å². The highest BCUT2D eigenvalue weighted by Crippen LogP contribution is 2.07. The predicted molar refractivity (Wildman–Crippen MR) is 70.0 cm³/mol. The monoisotopic (exact) mass is 273 g/mol. The zero-order valence-electron chi connectivity index (χ0n) is 11.1. The molecule has 0 aromatic carbocycles. The molecule has 4 N–H and O–H groups in total. The Bertz CT molecular complexity index is 293. The standard InChI is InChI=1S/C12H23N3O4/c16-10(11(17)18)4-5-13-12(19)14-6-9-15-7-2-1-3-8-15/h10,16H,1-9H2,(H,17,18)(H2,13,14,19). The first-order valence-corrected chi connectivity index (χ1v) is 6.74. The lowest BCUT2D eigenvalue weighted by molar-refractivity contribution is -0.146. The Morgan fingerprint density at radius 3 is 2.37 bits per heavy atom. The summed E-state index contributed by atoms with van der Waals surface area (Å²) in [6.07, 6.45) is 2.32. The molecular formula is C12H23N3O4. The van der Waals surface area contributed by atoms with E-state index in [4.69, 9.17) is 10.2 Å². The van der Waals surface area contributed by atoms with Gasteiger partial charge in [-0.3, -0.25) is 0 Å². The minimum atomic E-state index is -1.42. The summed E-state index contributed by atoms with van der Waals surface area (Å²) < 4.78 is 0. The molecule has 110 valence electrons. The van der Waals surface area contributed by atoms with Crippen molar-refractivity contribution in [1.82, 2.24) is 15.5 Å². The average molecular weight is 273 g/mol. The average Bonchev–Trinajstić information content (AvgIpc) is 2.39. The fourth-order valence-corrected chi connectivity index (χ4v) is 2.02. The number of hydrogen-bond acceptors (Lipinski definition) is 4. The van der Waals surface area contributed by atoms with Crippen molar-refractivity contribution < 1.29 is 19.8 Å². The van der Waals surface area contributed by atoms with Gasteiger partial charge in [0.15, 0.2) is 6.10 Å². The van der Waals surface area contributed by atoms with E-state index in [0.29, 0.717) is 6.54 Å². The minimum absolute atomic E-state index is 0.00881. The fourth-order valence-electron chi connectivity index (χ4n) is 2.02. The van der Waals surface area contributed by atoms with E-state index in [1.54, 1.807) is 0 Å². The quantitative estimate of drug-likeness (QED) is 0.506. The molecule has 0 bridgehead atoms. The first-order valence-electron chi connectivity index (χ1n) is 6.74. The van der Waals surface area contributed by atoms with E-state index in [1.165, 1.54) is 19.3 Å². The number of likely N-dealkylation sites (tertiary alicyclic amines) is 1. The fraction of sp³-hybridized carbons (Fsp3) is 0.833. The van der Waals surface area contributed by atoms with Crippen LogP contribution in [0.5, 0.6) is 0 Å². The Balaban J connectivity index is 1.99. The molecule has 1 heterocycles. The van der Waals surface area contributed by atoms with Crippen LogP contribution in [0.25, 0.3) is 0 Å². The molecule has 1 unspecified atom stereocenters. The summed E-state index contributed by atoms with van der Waals surface area (Å²) in [6.45, 7) is 3.74. The van der Waals surface area contributed by atoms with E-state index in [0.717, 1.165) is 19.6 Å². The van der Waals surface area contributed by atoms with E-state index >= 15 is 0 Å². The van der Waals surface area contributed by atoms with E-state index in [9.17, 15) is 9.59 Å². The number of carbonyl (C=O) groups is 2. The Hall–Kier alpha value is -1.34. The van der Waals surface area contributed by atoms with Gasteiger partial charge in [-0.15, -0.1) is 0 Å². The van der Waals surface area contributed by atoms with Crippen LogP contribution in [0, 0.1) is 0 Å². The molecule has 1 rings (SSSR count). The molecule has 0 spiro atoms. The van der Waals surface area contributed by atoms with Crippen molar-refractivity contribution in [3.8, 4) is 0 Å². The molecule has 19 heavy (non-hydrogen) atoms. The van der Waals surface area contributed by atoms with Crippen molar-refractivity contribution in [3.05, 3.63) is 0 Å². The van der Waals surface area contributed by atoms with Gasteiger partial charge < -0.3 is 25.7 Å². The summed E-state index contributed by atoms with van der Waals surface area (Å²) in [5, 5.41) is 22.7. The van der Waals surface area contributed by atoms with Crippen LogP contribution < -0.4 is 10.6 Å². The third kappa shape index (κ3) is 6.97. The van der Waals surface area contributed by atoms with Gasteiger partial charge in [0.25, 0.3) is 0 Å². The Morgan fingerprint density at radius 2 is 1.74 bits per heavy atom. The number of aliphatic carboxylic acids is 1. The van der Waals surface area contributed by atoms with Crippen LogP contribution >= 0.6 is 0 Å². The van der Waals surface area contributed by atoms with Crippen LogP contribution in [0.2, 0.25) is 0 Å². The maximum absolute atomic E-state index is 11.4. The smallest absolute Gasteiger partial charge is 0.332 e. The van der Waals surface area contributed by atoms with Gasteiger partial charge in [-0.1, -0.05) is 6.42 Å². The number of hydrogen-bond donors (Lipinski definition) is 4. The highest BCUT2D eigenvalue weighted by Gasteiger charge is 2.13. The minimum Gasteiger partial charge on any atom is -0.479 e. The number of carboxylic acid groups (broad SMARTS) is 1. The van der Waals surface area contributed by atoms with E-state index in [2.05, 4.69) is 15.5 Å². The maximum Gasteiger partial charge on any atom is 0.332 e. The number of amides is 2. The summed E-state index contributed by atoms with van der Waals surface area (Å²) >= 11 is 0. The van der Waals surface area contributed by atoms with Crippen LogP contribution in [-0.2, 0) is 4.79 Å². The van der Waals surface area contributed by atoms with Gasteiger partial charge in [0.1, 0.15) is 0 Å². The topological polar surface area (TPSA) is 102 Å². The maximum atomic E-state index is 11.4. The van der Waals surface area contributed by atoms with Crippen molar-refractivity contribution >= 4 is 12.0 Å². The third-order valence-corrected chi connectivity index (χ3v) is 3.15. The van der Waals surface area contributed by atoms with Gasteiger partial charge in [-0.25, -0.2) is 9.59 Å². The SMILES string of the molecule is O=C(NCCC(O)C(=O)O)NCCN1CCCCC1. The van der Waals surface area contributed by atoms with Crippen LogP contribution in [0.1, 0.15) is 25.7 Å². The highest BCUT2D eigenvalue weighted by atomic mass is 16.4. The summed E-state index contributed by atoms with van der Waals surface area (Å²) in [7, 11) is 0. The molecular weight excluding hydrogens is 250 g/mol. The van der Waals surface area contributed by atoms with Crippen molar-refractivity contribution in [2.24, 2.45) is 0 Å². The number of nitrogens with one attached hydrogen (secondary N) is 2. The number of rotatable bonds is 7. The summed E-state index contributed by atoms with van der Waals surface area (Å²) in [5.41, 5.74) is 0. The van der Waals surface area contributed by atoms with E-state index < -0.39 is 12.1 Å². The molecule has 0 aromatic rings. The first kappa shape index (κ1) is 15.7. The van der Waals surface area contributed by atoms with Gasteiger partial charge in [0, 0.05) is 26.1 Å². The molecule has 1 saturated heterocycles. The molecule has 1 fully saturated rings. The first-order chi connectivity index (χ1) is 9.09. The van der Waals surface area contributed by atoms with Gasteiger partial charge in [0.05, 0.1) is 0 Å². The van der Waals surface area contributed by atoms with E-state index in [1.807, 2.05) is 0 Å². The summed E-state index contributed by atoms with van der Waals surface area (Å²) in [6, 6.07) is -0.324. The lowest BCUT2D eigenvalue weighted by Gasteiger charge is -2.26. The van der Waals surface area contributed by atoms with Crippen molar-refractivity contribution in [3.63, 3.8) is 0 Å².